The van der Waals surface area contributed by atoms with Gasteiger partial charge in [0, 0.05) is 10.0 Å². The summed E-state index contributed by atoms with van der Waals surface area (Å²) in [6.45, 7) is 0. The molecular formula is C14H9Cl4. The third-order valence-electron chi connectivity index (χ3n) is 2.52. The Kier molecular flexibility index (Phi) is 4.80. The van der Waals surface area contributed by atoms with E-state index in [0.717, 1.165) is 11.1 Å². The van der Waals surface area contributed by atoms with Crippen LogP contribution in [0.15, 0.2) is 36.4 Å². The third-order valence-corrected chi connectivity index (χ3v) is 3.84. The summed E-state index contributed by atoms with van der Waals surface area (Å²) in [5.41, 5.74) is 2.03. The second-order valence-electron chi connectivity index (χ2n) is 3.82. The molecule has 0 bridgehead atoms. The quantitative estimate of drug-likeness (QED) is 0.641. The van der Waals surface area contributed by atoms with Crippen LogP contribution in [0.5, 0.6) is 0 Å². The van der Waals surface area contributed by atoms with E-state index in [2.05, 4.69) is 0 Å². The molecule has 0 amide bonds. The standard InChI is InChI=1S/C14H9Cl4/c15-11-5-4-10(13(17)8-11)3-1-9-2-6-12(16)14(18)7-9/h1-2,4-8H,3H2. The summed E-state index contributed by atoms with van der Waals surface area (Å²) in [6.07, 6.45) is 2.76. The van der Waals surface area contributed by atoms with Crippen molar-refractivity contribution in [2.75, 3.05) is 0 Å². The lowest BCUT2D eigenvalue weighted by molar-refractivity contribution is 1.17. The van der Waals surface area contributed by atoms with Gasteiger partial charge in [0.25, 0.3) is 0 Å². The van der Waals surface area contributed by atoms with E-state index in [1.807, 2.05) is 30.7 Å². The van der Waals surface area contributed by atoms with E-state index in [-0.39, 0.29) is 0 Å². The van der Waals surface area contributed by atoms with Crippen molar-refractivity contribution in [3.63, 3.8) is 0 Å². The first-order valence-corrected chi connectivity index (χ1v) is 6.79. The Labute approximate surface area is 126 Å². The molecule has 0 aliphatic heterocycles. The summed E-state index contributed by atoms with van der Waals surface area (Å²) in [6, 6.07) is 11.0. The average Bonchev–Trinajstić information content (AvgIpc) is 2.32. The van der Waals surface area contributed by atoms with Gasteiger partial charge in [0.1, 0.15) is 0 Å². The van der Waals surface area contributed by atoms with Crippen LogP contribution in [-0.4, -0.2) is 0 Å². The van der Waals surface area contributed by atoms with E-state index >= 15 is 0 Å². The lowest BCUT2D eigenvalue weighted by Gasteiger charge is -2.05. The Balaban J connectivity index is 2.09. The number of hydrogen-bond donors (Lipinski definition) is 0. The number of benzene rings is 2. The normalized spacial score (nSPS) is 10.7. The fourth-order valence-corrected chi connectivity index (χ4v) is 2.35. The molecule has 0 nitrogen and oxygen atoms in total. The van der Waals surface area contributed by atoms with Crippen LogP contribution < -0.4 is 0 Å². The summed E-state index contributed by atoms with van der Waals surface area (Å²) in [4.78, 5) is 0. The van der Waals surface area contributed by atoms with E-state index in [0.29, 0.717) is 26.5 Å². The zero-order chi connectivity index (χ0) is 13.1. The van der Waals surface area contributed by atoms with Gasteiger partial charge in [0.05, 0.1) is 10.0 Å². The Morgan fingerprint density at radius 2 is 1.56 bits per heavy atom. The topological polar surface area (TPSA) is 0 Å². The van der Waals surface area contributed by atoms with Crippen LogP contribution in [0.1, 0.15) is 11.1 Å². The van der Waals surface area contributed by atoms with Crippen molar-refractivity contribution in [3.05, 3.63) is 74.0 Å². The van der Waals surface area contributed by atoms with Gasteiger partial charge in [0.2, 0.25) is 0 Å². The van der Waals surface area contributed by atoms with Crippen molar-refractivity contribution < 1.29 is 0 Å². The van der Waals surface area contributed by atoms with Crippen molar-refractivity contribution in [1.82, 2.24) is 0 Å². The minimum atomic E-state index is 0.549. The molecule has 0 unspecified atom stereocenters. The SMILES string of the molecule is Clc1ccc(C[CH]c2ccc(Cl)c(Cl)c2)c(Cl)c1. The number of rotatable bonds is 3. The highest BCUT2D eigenvalue weighted by molar-refractivity contribution is 6.42. The van der Waals surface area contributed by atoms with E-state index in [9.17, 15) is 0 Å². The first-order valence-electron chi connectivity index (χ1n) is 5.28. The molecule has 0 saturated heterocycles. The van der Waals surface area contributed by atoms with E-state index < -0.39 is 0 Å². The lowest BCUT2D eigenvalue weighted by Crippen LogP contribution is -1.90. The molecule has 18 heavy (non-hydrogen) atoms. The molecule has 1 radical (unpaired) electrons. The number of halogens is 4. The van der Waals surface area contributed by atoms with Crippen molar-refractivity contribution in [2.24, 2.45) is 0 Å². The maximum Gasteiger partial charge on any atom is 0.0595 e. The van der Waals surface area contributed by atoms with Crippen molar-refractivity contribution in [3.8, 4) is 0 Å². The molecule has 4 heteroatoms. The monoisotopic (exact) mass is 317 g/mol. The van der Waals surface area contributed by atoms with Crippen LogP contribution in [0.25, 0.3) is 0 Å². The Morgan fingerprint density at radius 3 is 2.22 bits per heavy atom. The smallest absolute Gasteiger partial charge is 0.0595 e. The predicted octanol–water partition coefficient (Wildman–Crippen LogP) is 6.10. The zero-order valence-electron chi connectivity index (χ0n) is 9.26. The van der Waals surface area contributed by atoms with Crippen LogP contribution in [0.4, 0.5) is 0 Å². The molecule has 0 fully saturated rings. The van der Waals surface area contributed by atoms with Crippen LogP contribution in [0, 0.1) is 6.42 Å². The third kappa shape index (κ3) is 3.55. The summed E-state index contributed by atoms with van der Waals surface area (Å²) < 4.78 is 0. The van der Waals surface area contributed by atoms with Crippen molar-refractivity contribution in [2.45, 2.75) is 6.42 Å². The number of hydrogen-bond acceptors (Lipinski definition) is 0. The first kappa shape index (κ1) is 14.0. The molecule has 0 atom stereocenters. The Hall–Kier alpha value is -0.400. The van der Waals surface area contributed by atoms with Crippen molar-refractivity contribution >= 4 is 46.4 Å². The van der Waals surface area contributed by atoms with E-state index in [1.165, 1.54) is 0 Å². The molecule has 0 heterocycles. The molecule has 0 aromatic heterocycles. The minimum Gasteiger partial charge on any atom is -0.0843 e. The van der Waals surface area contributed by atoms with Gasteiger partial charge in [-0.3, -0.25) is 0 Å². The second-order valence-corrected chi connectivity index (χ2v) is 5.48. The van der Waals surface area contributed by atoms with Crippen LogP contribution in [-0.2, 0) is 6.42 Å². The van der Waals surface area contributed by atoms with Crippen LogP contribution in [0.3, 0.4) is 0 Å². The molecule has 2 rings (SSSR count). The molecule has 2 aromatic rings. The highest BCUT2D eigenvalue weighted by atomic mass is 35.5. The molecule has 0 saturated carbocycles. The fraction of sp³-hybridized carbons (Fsp3) is 0.0714. The maximum atomic E-state index is 6.10. The first-order chi connectivity index (χ1) is 8.56. The van der Waals surface area contributed by atoms with Gasteiger partial charge in [-0.1, -0.05) is 58.5 Å². The summed E-state index contributed by atoms with van der Waals surface area (Å²) in [5, 5.41) is 2.41. The van der Waals surface area contributed by atoms with E-state index in [4.69, 9.17) is 46.4 Å². The zero-order valence-corrected chi connectivity index (χ0v) is 12.3. The second kappa shape index (κ2) is 6.16. The largest absolute Gasteiger partial charge is 0.0843 e. The summed E-state index contributed by atoms with van der Waals surface area (Å²) >= 11 is 23.8. The molecule has 0 aliphatic carbocycles. The lowest BCUT2D eigenvalue weighted by atomic mass is 10.0. The van der Waals surface area contributed by atoms with Gasteiger partial charge < -0.3 is 0 Å². The van der Waals surface area contributed by atoms with Crippen molar-refractivity contribution in [1.29, 1.82) is 0 Å². The molecule has 2 aromatic carbocycles. The molecule has 0 aliphatic rings. The van der Waals surface area contributed by atoms with Gasteiger partial charge in [0.15, 0.2) is 0 Å². The van der Waals surface area contributed by atoms with Crippen LogP contribution in [0.2, 0.25) is 20.1 Å². The maximum absolute atomic E-state index is 6.10. The summed E-state index contributed by atoms with van der Waals surface area (Å²) in [7, 11) is 0. The Bertz CT molecular complexity index is 564. The average molecular weight is 319 g/mol. The van der Waals surface area contributed by atoms with Crippen LogP contribution >= 0.6 is 46.4 Å². The van der Waals surface area contributed by atoms with Gasteiger partial charge in [-0.25, -0.2) is 0 Å². The Morgan fingerprint density at radius 1 is 0.778 bits per heavy atom. The summed E-state index contributed by atoms with van der Waals surface area (Å²) in [5.74, 6) is 0. The molecule has 93 valence electrons. The highest BCUT2D eigenvalue weighted by Crippen LogP contribution is 2.26. The van der Waals surface area contributed by atoms with Gasteiger partial charge in [-0.15, -0.1) is 0 Å². The molecular weight excluding hydrogens is 310 g/mol. The van der Waals surface area contributed by atoms with Gasteiger partial charge in [-0.05, 0) is 48.2 Å². The van der Waals surface area contributed by atoms with E-state index in [1.54, 1.807) is 12.1 Å². The molecule has 0 N–H and O–H groups in total. The van der Waals surface area contributed by atoms with Gasteiger partial charge in [-0.2, -0.15) is 0 Å². The van der Waals surface area contributed by atoms with Gasteiger partial charge >= 0.3 is 0 Å². The highest BCUT2D eigenvalue weighted by Gasteiger charge is 2.04. The molecule has 0 spiro atoms. The predicted molar refractivity (Wildman–Crippen MR) is 80.0 cm³/mol. The fourth-order valence-electron chi connectivity index (χ4n) is 1.55. The minimum absolute atomic E-state index is 0.549.